The molecule has 57 heavy (non-hydrogen) atoms. The number of aliphatic hydroxyl groups is 2. The SMILES string of the molecule is CC(C)(COP(=O)(O)OP(=O)(O)OCC1OC(n2cnc3c(N)ncnc32)C(O)C1OP(=O)(O)O)C(O)C(=O)NCCC(=O)NCCSC(=O)c1ccc(N)cc1. The van der Waals surface area contributed by atoms with Gasteiger partial charge in [-0.25, -0.2) is 28.6 Å². The Bertz CT molecular complexity index is 2050. The fourth-order valence-corrected chi connectivity index (χ4v) is 8.50. The number of phosphoric acid groups is 3. The summed E-state index contributed by atoms with van der Waals surface area (Å²) in [5.74, 6) is -1.23. The molecule has 1 aliphatic heterocycles. The van der Waals surface area contributed by atoms with E-state index in [4.69, 9.17) is 25.3 Å². The van der Waals surface area contributed by atoms with Gasteiger partial charge in [-0.15, -0.1) is 0 Å². The summed E-state index contributed by atoms with van der Waals surface area (Å²) in [7, 11) is -16.4. The fourth-order valence-electron chi connectivity index (χ4n) is 4.98. The summed E-state index contributed by atoms with van der Waals surface area (Å²) in [4.78, 5) is 87.8. The number of aromatic nitrogens is 4. The maximum Gasteiger partial charge on any atom is 0.481 e. The number of nitrogens with zero attached hydrogens (tertiary/aromatic N) is 4. The maximum atomic E-state index is 12.7. The number of benzene rings is 1. The van der Waals surface area contributed by atoms with Gasteiger partial charge in [0.05, 0.1) is 19.5 Å². The first kappa shape index (κ1) is 46.3. The summed E-state index contributed by atoms with van der Waals surface area (Å²) in [5.41, 5.74) is 10.8. The van der Waals surface area contributed by atoms with Crippen molar-refractivity contribution in [3.05, 3.63) is 42.5 Å². The van der Waals surface area contributed by atoms with Crippen molar-refractivity contribution in [2.75, 3.05) is 43.5 Å². The number of carbonyl (C=O) groups is 3. The molecule has 1 saturated heterocycles. The third kappa shape index (κ3) is 13.3. The van der Waals surface area contributed by atoms with Crippen LogP contribution in [0, 0.1) is 5.41 Å². The van der Waals surface area contributed by atoms with E-state index in [1.807, 2.05) is 0 Å². The third-order valence-electron chi connectivity index (χ3n) is 7.88. The van der Waals surface area contributed by atoms with Crippen molar-refractivity contribution in [1.82, 2.24) is 30.2 Å². The number of hydrogen-bond acceptors (Lipinski definition) is 19. The van der Waals surface area contributed by atoms with Crippen LogP contribution in [0.2, 0.25) is 0 Å². The Morgan fingerprint density at radius 1 is 1.00 bits per heavy atom. The van der Waals surface area contributed by atoms with Gasteiger partial charge < -0.3 is 56.6 Å². The third-order valence-corrected chi connectivity index (χ3v) is 11.9. The molecule has 4 rings (SSSR count). The summed E-state index contributed by atoms with van der Waals surface area (Å²) < 4.78 is 62.1. The van der Waals surface area contributed by atoms with Gasteiger partial charge in [-0.3, -0.25) is 32.5 Å². The topological polar surface area (TPSA) is 390 Å². The van der Waals surface area contributed by atoms with E-state index in [0.29, 0.717) is 11.3 Å². The predicted octanol–water partition coefficient (Wildman–Crippen LogP) is -0.439. The van der Waals surface area contributed by atoms with Crippen molar-refractivity contribution in [2.45, 2.75) is 50.9 Å². The molecule has 1 aromatic carbocycles. The van der Waals surface area contributed by atoms with E-state index in [1.54, 1.807) is 24.3 Å². The number of rotatable bonds is 20. The second kappa shape index (κ2) is 19.1. The van der Waals surface area contributed by atoms with Gasteiger partial charge in [0.1, 0.15) is 36.3 Å². The molecule has 7 unspecified atom stereocenters. The number of phosphoric ester groups is 3. The lowest BCUT2D eigenvalue weighted by Gasteiger charge is -2.30. The monoisotopic (exact) mass is 886 g/mol. The molecule has 3 aromatic rings. The largest absolute Gasteiger partial charge is 0.481 e. The lowest BCUT2D eigenvalue weighted by atomic mass is 9.87. The van der Waals surface area contributed by atoms with E-state index < -0.39 is 84.6 Å². The van der Waals surface area contributed by atoms with Gasteiger partial charge in [-0.2, -0.15) is 4.31 Å². The number of carbonyl (C=O) groups excluding carboxylic acids is 3. The van der Waals surface area contributed by atoms with Crippen molar-refractivity contribution in [2.24, 2.45) is 5.41 Å². The van der Waals surface area contributed by atoms with Crippen molar-refractivity contribution >= 4 is 74.8 Å². The Hall–Kier alpha value is -3.42. The highest BCUT2D eigenvalue weighted by Gasteiger charge is 2.50. The van der Waals surface area contributed by atoms with E-state index >= 15 is 0 Å². The number of aliphatic hydroxyl groups excluding tert-OH is 2. The number of anilines is 2. The molecule has 0 radical (unpaired) electrons. The van der Waals surface area contributed by atoms with Gasteiger partial charge in [-0.05, 0) is 24.3 Å². The number of nitrogen functional groups attached to an aromatic ring is 2. The number of thioether (sulfide) groups is 1. The Labute approximate surface area is 327 Å². The zero-order chi connectivity index (χ0) is 42.3. The van der Waals surface area contributed by atoms with Gasteiger partial charge in [-0.1, -0.05) is 25.6 Å². The van der Waals surface area contributed by atoms with Crippen molar-refractivity contribution in [3.8, 4) is 0 Å². The van der Waals surface area contributed by atoms with Crippen LogP contribution in [0.3, 0.4) is 0 Å². The van der Waals surface area contributed by atoms with Gasteiger partial charge >= 0.3 is 23.5 Å². The van der Waals surface area contributed by atoms with Crippen LogP contribution >= 0.6 is 35.2 Å². The minimum absolute atomic E-state index is 0.0268. The number of nitrogens with two attached hydrogens (primary N) is 2. The number of amides is 2. The summed E-state index contributed by atoms with van der Waals surface area (Å²) in [6, 6.07) is 6.35. The lowest BCUT2D eigenvalue weighted by Crippen LogP contribution is -2.46. The second-order valence-electron chi connectivity index (χ2n) is 12.8. The molecule has 0 saturated carbocycles. The van der Waals surface area contributed by atoms with Crippen LogP contribution in [0.4, 0.5) is 11.5 Å². The molecule has 0 spiro atoms. The Kier molecular flexibility index (Phi) is 15.5. The lowest BCUT2D eigenvalue weighted by molar-refractivity contribution is -0.137. The minimum Gasteiger partial charge on any atom is -0.399 e. The molecular weight excluding hydrogens is 845 g/mol. The number of nitrogens with one attached hydrogen (secondary N) is 2. The minimum atomic E-state index is -5.58. The Balaban J connectivity index is 1.23. The number of fused-ring (bicyclic) bond motifs is 1. The molecule has 2 amide bonds. The van der Waals surface area contributed by atoms with E-state index in [2.05, 4.69) is 34.4 Å². The van der Waals surface area contributed by atoms with E-state index in [0.717, 1.165) is 29.0 Å². The van der Waals surface area contributed by atoms with Gasteiger partial charge in [0.2, 0.25) is 16.9 Å². The molecule has 0 aliphatic carbocycles. The van der Waals surface area contributed by atoms with Crippen LogP contribution in [0.25, 0.3) is 11.2 Å². The highest BCUT2D eigenvalue weighted by molar-refractivity contribution is 8.14. The number of hydrogen-bond donors (Lipinski definition) is 10. The first-order valence-corrected chi connectivity index (χ1v) is 21.9. The van der Waals surface area contributed by atoms with E-state index in [1.165, 1.54) is 13.8 Å². The highest BCUT2D eigenvalue weighted by atomic mass is 32.2. The molecule has 0 bridgehead atoms. The fraction of sp³-hybridized carbons (Fsp3) is 0.500. The average Bonchev–Trinajstić information content (AvgIpc) is 3.68. The van der Waals surface area contributed by atoms with Crippen LogP contribution in [0.5, 0.6) is 0 Å². The normalized spacial score (nSPS) is 21.4. The molecule has 12 N–H and O–H groups in total. The molecule has 7 atom stereocenters. The predicted molar refractivity (Wildman–Crippen MR) is 197 cm³/mol. The standard InChI is InChI=1S/C28H41N8O17P3S/c1-28(2,22(39)25(40)32-8-7-18(37)31-9-10-57-27(41)15-3-5-16(29)6-4-15)12-50-56(47,48)53-55(45,46)49-11-17-21(52-54(42,43)44)20(38)26(51-17)36-14-35-19-23(30)33-13-34-24(19)36/h3-6,13-14,17,20-22,26,38-39H,7-12,29H2,1-2H3,(H,31,37)(H,32,40)(H,45,46)(H,47,48)(H2,30,33,34)(H2,42,43,44). The average molecular weight is 887 g/mol. The van der Waals surface area contributed by atoms with E-state index in [-0.39, 0.29) is 47.4 Å². The van der Waals surface area contributed by atoms with E-state index in [9.17, 15) is 57.9 Å². The van der Waals surface area contributed by atoms with Crippen LogP contribution in [0.15, 0.2) is 36.9 Å². The Morgan fingerprint density at radius 3 is 2.33 bits per heavy atom. The molecule has 2 aromatic heterocycles. The van der Waals surface area contributed by atoms with Gasteiger partial charge in [0.15, 0.2) is 17.7 Å². The quantitative estimate of drug-likeness (QED) is 0.0390. The summed E-state index contributed by atoms with van der Waals surface area (Å²) in [5, 5.41) is 26.1. The van der Waals surface area contributed by atoms with Crippen molar-refractivity contribution in [1.29, 1.82) is 0 Å². The Morgan fingerprint density at radius 2 is 1.67 bits per heavy atom. The van der Waals surface area contributed by atoms with Crippen molar-refractivity contribution in [3.63, 3.8) is 0 Å². The molecule has 3 heterocycles. The van der Waals surface area contributed by atoms with Gasteiger partial charge in [0.25, 0.3) is 0 Å². The highest BCUT2D eigenvalue weighted by Crippen LogP contribution is 2.61. The van der Waals surface area contributed by atoms with Gasteiger partial charge in [0, 0.05) is 41.9 Å². The zero-order valence-corrected chi connectivity index (χ0v) is 33.5. The molecule has 25 nitrogen and oxygen atoms in total. The first-order valence-electron chi connectivity index (χ1n) is 16.4. The van der Waals surface area contributed by atoms with Crippen molar-refractivity contribution < 1.29 is 80.5 Å². The maximum absolute atomic E-state index is 12.7. The van der Waals surface area contributed by atoms with Crippen LogP contribution in [-0.4, -0.2) is 123 Å². The molecule has 316 valence electrons. The number of imidazole rings is 1. The molecule has 29 heteroatoms. The molecule has 1 fully saturated rings. The summed E-state index contributed by atoms with van der Waals surface area (Å²) >= 11 is 0.988. The molecular formula is C28H41N8O17P3S. The smallest absolute Gasteiger partial charge is 0.399 e. The molecule has 1 aliphatic rings. The first-order chi connectivity index (χ1) is 26.5. The van der Waals surface area contributed by atoms with Crippen LogP contribution in [0.1, 0.15) is 36.9 Å². The van der Waals surface area contributed by atoms with Crippen LogP contribution < -0.4 is 22.1 Å². The second-order valence-corrected chi connectivity index (χ2v) is 18.1. The number of ether oxygens (including phenoxy) is 1. The van der Waals surface area contributed by atoms with Crippen LogP contribution in [-0.2, 0) is 45.9 Å². The zero-order valence-electron chi connectivity index (χ0n) is 30.0. The summed E-state index contributed by atoms with van der Waals surface area (Å²) in [6.45, 7) is 0.390. The summed E-state index contributed by atoms with van der Waals surface area (Å²) in [6.07, 6.45) is -6.98.